The fourth-order valence-corrected chi connectivity index (χ4v) is 2.12. The molecule has 0 aliphatic heterocycles. The van der Waals surface area contributed by atoms with Crippen molar-refractivity contribution in [3.05, 3.63) is 0 Å². The second-order valence-corrected chi connectivity index (χ2v) is 7.18. The van der Waals surface area contributed by atoms with E-state index in [9.17, 15) is 4.79 Å². The van der Waals surface area contributed by atoms with E-state index in [0.717, 1.165) is 26.0 Å². The molecule has 0 saturated carbocycles. The second kappa shape index (κ2) is 9.42. The van der Waals surface area contributed by atoms with Crippen LogP contribution in [0.5, 0.6) is 0 Å². The Labute approximate surface area is 131 Å². The molecule has 0 aromatic carbocycles. The molecule has 0 bridgehead atoms. The van der Waals surface area contributed by atoms with Gasteiger partial charge in [-0.2, -0.15) is 0 Å². The van der Waals surface area contributed by atoms with Gasteiger partial charge >= 0.3 is 5.97 Å². The summed E-state index contributed by atoms with van der Waals surface area (Å²) in [4.78, 5) is 12.2. The fourth-order valence-electron chi connectivity index (χ4n) is 2.12. The van der Waals surface area contributed by atoms with Crippen LogP contribution in [0, 0.1) is 5.41 Å². The third-order valence-corrected chi connectivity index (χ3v) is 3.44. The Morgan fingerprint density at radius 3 is 2.29 bits per heavy atom. The third kappa shape index (κ3) is 9.10. The van der Waals surface area contributed by atoms with Gasteiger partial charge in [0.15, 0.2) is 0 Å². The summed E-state index contributed by atoms with van der Waals surface area (Å²) in [6.45, 7) is 16.4. The van der Waals surface area contributed by atoms with E-state index in [0.29, 0.717) is 13.0 Å². The van der Waals surface area contributed by atoms with Crippen LogP contribution < -0.4 is 5.32 Å². The zero-order chi connectivity index (χ0) is 16.5. The zero-order valence-corrected chi connectivity index (χ0v) is 15.0. The largest absolute Gasteiger partial charge is 0.465 e. The molecule has 0 radical (unpaired) electrons. The normalized spacial score (nSPS) is 16.3. The maximum Gasteiger partial charge on any atom is 0.326 e. The van der Waals surface area contributed by atoms with Crippen molar-refractivity contribution in [3.8, 4) is 0 Å². The Morgan fingerprint density at radius 1 is 1.19 bits per heavy atom. The molecule has 0 aromatic rings. The van der Waals surface area contributed by atoms with E-state index in [4.69, 9.17) is 9.47 Å². The molecule has 0 spiro atoms. The first kappa shape index (κ1) is 20.4. The number of esters is 1. The van der Waals surface area contributed by atoms with Crippen molar-refractivity contribution >= 4 is 5.97 Å². The Hall–Kier alpha value is -0.610. The van der Waals surface area contributed by atoms with Gasteiger partial charge in [0.2, 0.25) is 0 Å². The van der Waals surface area contributed by atoms with Crippen LogP contribution >= 0.6 is 0 Å². The number of rotatable bonds is 10. The first-order chi connectivity index (χ1) is 9.64. The van der Waals surface area contributed by atoms with E-state index in [1.54, 1.807) is 0 Å². The molecule has 1 N–H and O–H groups in total. The lowest BCUT2D eigenvalue weighted by atomic mass is 9.92. The predicted octanol–water partition coefficient (Wildman–Crippen LogP) is 3.54. The van der Waals surface area contributed by atoms with Gasteiger partial charge in [0.05, 0.1) is 12.7 Å². The van der Waals surface area contributed by atoms with Gasteiger partial charge in [-0.25, -0.2) is 0 Å². The number of carbonyl (C=O) groups is 1. The number of carbonyl (C=O) groups excluding carboxylic acids is 1. The number of hydrogen-bond donors (Lipinski definition) is 1. The van der Waals surface area contributed by atoms with Gasteiger partial charge in [-0.3, -0.25) is 4.79 Å². The maximum atomic E-state index is 12.2. The van der Waals surface area contributed by atoms with Gasteiger partial charge in [0.1, 0.15) is 5.54 Å². The van der Waals surface area contributed by atoms with E-state index in [2.05, 4.69) is 33.0 Å². The van der Waals surface area contributed by atoms with Crippen LogP contribution in [0.4, 0.5) is 0 Å². The molecule has 2 atom stereocenters. The Bertz CT molecular complexity index is 299. The minimum atomic E-state index is -0.673. The van der Waals surface area contributed by atoms with Crippen LogP contribution in [0.15, 0.2) is 0 Å². The van der Waals surface area contributed by atoms with Crippen LogP contribution in [0.3, 0.4) is 0 Å². The standard InChI is InChI=1S/C17H35NO3/c1-8-11-18-17(7,15(19)20-9-2)13-14(3)21-12-10-16(4,5)6/h14,18H,8-13H2,1-7H3. The van der Waals surface area contributed by atoms with Crippen LogP contribution in [0.1, 0.15) is 67.7 Å². The van der Waals surface area contributed by atoms with Crippen molar-refractivity contribution in [1.29, 1.82) is 0 Å². The summed E-state index contributed by atoms with van der Waals surface area (Å²) >= 11 is 0. The molecular formula is C17H35NO3. The minimum Gasteiger partial charge on any atom is -0.465 e. The first-order valence-corrected chi connectivity index (χ1v) is 8.18. The summed E-state index contributed by atoms with van der Waals surface area (Å²) in [5.74, 6) is -0.190. The molecule has 0 heterocycles. The molecule has 0 amide bonds. The topological polar surface area (TPSA) is 47.6 Å². The smallest absolute Gasteiger partial charge is 0.326 e. The van der Waals surface area contributed by atoms with Crippen LogP contribution in [0.2, 0.25) is 0 Å². The molecule has 0 rings (SSSR count). The van der Waals surface area contributed by atoms with Crippen molar-refractivity contribution in [2.75, 3.05) is 19.8 Å². The molecule has 21 heavy (non-hydrogen) atoms. The molecule has 2 unspecified atom stereocenters. The lowest BCUT2D eigenvalue weighted by Crippen LogP contribution is -2.52. The summed E-state index contributed by atoms with van der Waals surface area (Å²) in [6.07, 6.45) is 2.63. The highest BCUT2D eigenvalue weighted by Gasteiger charge is 2.35. The molecule has 4 nitrogen and oxygen atoms in total. The zero-order valence-electron chi connectivity index (χ0n) is 15.0. The molecule has 0 aromatic heterocycles. The SMILES string of the molecule is CCCNC(C)(CC(C)OCCC(C)(C)C)C(=O)OCC. The Morgan fingerprint density at radius 2 is 1.81 bits per heavy atom. The number of hydrogen-bond acceptors (Lipinski definition) is 4. The number of nitrogens with one attached hydrogen (secondary N) is 1. The lowest BCUT2D eigenvalue weighted by molar-refractivity contribution is -0.152. The molecule has 126 valence electrons. The van der Waals surface area contributed by atoms with E-state index in [-0.39, 0.29) is 17.5 Å². The number of ether oxygens (including phenoxy) is 2. The highest BCUT2D eigenvalue weighted by atomic mass is 16.5. The first-order valence-electron chi connectivity index (χ1n) is 8.18. The molecular weight excluding hydrogens is 266 g/mol. The van der Waals surface area contributed by atoms with Crippen molar-refractivity contribution in [3.63, 3.8) is 0 Å². The monoisotopic (exact) mass is 301 g/mol. The molecule has 0 saturated heterocycles. The summed E-state index contributed by atoms with van der Waals surface area (Å²) < 4.78 is 11.1. The van der Waals surface area contributed by atoms with Crippen LogP contribution in [-0.4, -0.2) is 37.4 Å². The fraction of sp³-hybridized carbons (Fsp3) is 0.941. The highest BCUT2D eigenvalue weighted by molar-refractivity contribution is 5.80. The maximum absolute atomic E-state index is 12.2. The van der Waals surface area contributed by atoms with Crippen molar-refractivity contribution in [2.45, 2.75) is 79.4 Å². The molecule has 0 aliphatic rings. The van der Waals surface area contributed by atoms with Gasteiger partial charge in [-0.05, 0) is 45.6 Å². The summed E-state index contributed by atoms with van der Waals surface area (Å²) in [5, 5.41) is 3.31. The van der Waals surface area contributed by atoms with Crippen LogP contribution in [0.25, 0.3) is 0 Å². The quantitative estimate of drug-likeness (QED) is 0.627. The Kier molecular flexibility index (Phi) is 9.14. The predicted molar refractivity (Wildman–Crippen MR) is 87.4 cm³/mol. The van der Waals surface area contributed by atoms with Crippen molar-refractivity contribution in [2.24, 2.45) is 5.41 Å². The van der Waals surface area contributed by atoms with E-state index in [1.165, 1.54) is 0 Å². The average molecular weight is 301 g/mol. The van der Waals surface area contributed by atoms with Crippen LogP contribution in [-0.2, 0) is 14.3 Å². The molecule has 0 aliphatic carbocycles. The van der Waals surface area contributed by atoms with Gasteiger partial charge < -0.3 is 14.8 Å². The minimum absolute atomic E-state index is 0.0195. The summed E-state index contributed by atoms with van der Waals surface area (Å²) in [5.41, 5.74) is -0.405. The molecule has 0 fully saturated rings. The third-order valence-electron chi connectivity index (χ3n) is 3.44. The van der Waals surface area contributed by atoms with Gasteiger partial charge in [0.25, 0.3) is 0 Å². The molecule has 4 heteroatoms. The second-order valence-electron chi connectivity index (χ2n) is 7.18. The Balaban J connectivity index is 4.47. The van der Waals surface area contributed by atoms with E-state index >= 15 is 0 Å². The summed E-state index contributed by atoms with van der Waals surface area (Å²) in [7, 11) is 0. The van der Waals surface area contributed by atoms with Gasteiger partial charge in [-0.1, -0.05) is 27.7 Å². The van der Waals surface area contributed by atoms with Gasteiger partial charge in [0, 0.05) is 13.0 Å². The van der Waals surface area contributed by atoms with Crippen molar-refractivity contribution < 1.29 is 14.3 Å². The van der Waals surface area contributed by atoms with Crippen molar-refractivity contribution in [1.82, 2.24) is 5.32 Å². The summed E-state index contributed by atoms with van der Waals surface area (Å²) in [6, 6.07) is 0. The highest BCUT2D eigenvalue weighted by Crippen LogP contribution is 2.21. The van der Waals surface area contributed by atoms with E-state index < -0.39 is 5.54 Å². The van der Waals surface area contributed by atoms with Gasteiger partial charge in [-0.15, -0.1) is 0 Å². The lowest BCUT2D eigenvalue weighted by Gasteiger charge is -2.31. The average Bonchev–Trinajstić information content (AvgIpc) is 2.35. The van der Waals surface area contributed by atoms with E-state index in [1.807, 2.05) is 20.8 Å².